The van der Waals surface area contributed by atoms with Crippen molar-refractivity contribution < 1.29 is 5.11 Å². The van der Waals surface area contributed by atoms with Crippen LogP contribution in [0.3, 0.4) is 0 Å². The van der Waals surface area contributed by atoms with Crippen molar-refractivity contribution >= 4 is 11.0 Å². The summed E-state index contributed by atoms with van der Waals surface area (Å²) in [5, 5.41) is 9.64. The molecular formula is C19H14N4O2. The number of pyridine rings is 2. The summed E-state index contributed by atoms with van der Waals surface area (Å²) in [5.41, 5.74) is 2.72. The minimum absolute atomic E-state index is 0.151. The largest absolute Gasteiger partial charge is 0.508 e. The first-order chi connectivity index (χ1) is 12.2. The third-order valence-corrected chi connectivity index (χ3v) is 3.87. The van der Waals surface area contributed by atoms with E-state index in [1.54, 1.807) is 36.5 Å². The van der Waals surface area contributed by atoms with Crippen LogP contribution in [-0.2, 0) is 6.54 Å². The topological polar surface area (TPSA) is 80.9 Å². The first-order valence-electron chi connectivity index (χ1n) is 7.76. The third kappa shape index (κ3) is 2.97. The van der Waals surface area contributed by atoms with Gasteiger partial charge in [-0.15, -0.1) is 0 Å². The van der Waals surface area contributed by atoms with E-state index in [1.807, 2.05) is 24.3 Å². The van der Waals surface area contributed by atoms with Crippen molar-refractivity contribution in [1.82, 2.24) is 19.5 Å². The second-order valence-corrected chi connectivity index (χ2v) is 5.61. The Kier molecular flexibility index (Phi) is 3.70. The molecule has 3 heterocycles. The van der Waals surface area contributed by atoms with Crippen molar-refractivity contribution in [3.63, 3.8) is 0 Å². The first-order valence-corrected chi connectivity index (χ1v) is 7.76. The van der Waals surface area contributed by atoms with E-state index in [2.05, 4.69) is 15.0 Å². The van der Waals surface area contributed by atoms with Crippen molar-refractivity contribution in [3.8, 4) is 17.0 Å². The van der Waals surface area contributed by atoms with Gasteiger partial charge in [0.1, 0.15) is 5.75 Å². The number of rotatable bonds is 3. The summed E-state index contributed by atoms with van der Waals surface area (Å²) in [7, 11) is 0. The number of phenolic OH excluding ortho intramolecular Hbond substituents is 1. The van der Waals surface area contributed by atoms with Crippen LogP contribution in [0.5, 0.6) is 5.75 Å². The van der Waals surface area contributed by atoms with Gasteiger partial charge in [0.15, 0.2) is 5.52 Å². The molecule has 0 atom stereocenters. The molecule has 0 saturated carbocycles. The van der Waals surface area contributed by atoms with Gasteiger partial charge in [0, 0.05) is 11.8 Å². The summed E-state index contributed by atoms with van der Waals surface area (Å²) in [4.78, 5) is 25.8. The zero-order valence-electron chi connectivity index (χ0n) is 13.2. The molecule has 4 aromatic rings. The highest BCUT2D eigenvalue weighted by molar-refractivity contribution is 5.77. The van der Waals surface area contributed by atoms with E-state index in [1.165, 1.54) is 10.9 Å². The molecule has 0 aliphatic carbocycles. The molecule has 0 amide bonds. The number of benzene rings is 1. The molecule has 6 heteroatoms. The van der Waals surface area contributed by atoms with Gasteiger partial charge in [0.25, 0.3) is 5.56 Å². The average Bonchev–Trinajstić information content (AvgIpc) is 2.65. The molecule has 1 N–H and O–H groups in total. The Morgan fingerprint density at radius 1 is 1.00 bits per heavy atom. The Morgan fingerprint density at radius 2 is 1.92 bits per heavy atom. The maximum Gasteiger partial charge on any atom is 0.280 e. The zero-order valence-corrected chi connectivity index (χ0v) is 13.2. The zero-order chi connectivity index (χ0) is 17.2. The average molecular weight is 330 g/mol. The van der Waals surface area contributed by atoms with Crippen LogP contribution >= 0.6 is 0 Å². The van der Waals surface area contributed by atoms with Crippen molar-refractivity contribution in [2.45, 2.75) is 6.54 Å². The highest BCUT2D eigenvalue weighted by Gasteiger charge is 2.09. The lowest BCUT2D eigenvalue weighted by atomic mass is 10.1. The highest BCUT2D eigenvalue weighted by atomic mass is 16.3. The van der Waals surface area contributed by atoms with E-state index in [0.717, 1.165) is 11.3 Å². The van der Waals surface area contributed by atoms with E-state index in [-0.39, 0.29) is 11.3 Å². The van der Waals surface area contributed by atoms with E-state index in [0.29, 0.717) is 23.3 Å². The number of nitrogens with zero attached hydrogens (tertiary/aromatic N) is 4. The number of aromatic nitrogens is 4. The molecule has 6 nitrogen and oxygen atoms in total. The van der Waals surface area contributed by atoms with Crippen LogP contribution in [-0.4, -0.2) is 24.6 Å². The predicted molar refractivity (Wildman–Crippen MR) is 94.2 cm³/mol. The first kappa shape index (κ1) is 15.0. The molecule has 0 unspecified atom stereocenters. The number of fused-ring (bicyclic) bond motifs is 1. The predicted octanol–water partition coefficient (Wildman–Crippen LogP) is 2.61. The van der Waals surface area contributed by atoms with Crippen LogP contribution in [0.25, 0.3) is 22.3 Å². The van der Waals surface area contributed by atoms with Gasteiger partial charge in [0.05, 0.1) is 29.8 Å². The fraction of sp³-hybridized carbons (Fsp3) is 0.0526. The molecule has 1 aromatic carbocycles. The molecule has 0 spiro atoms. The maximum absolute atomic E-state index is 12.8. The molecule has 0 radical (unpaired) electrons. The SMILES string of the molecule is O=c1c2nc(-c3cccc(O)c3)ccc2ncn1Cc1ccccn1. The molecule has 3 aromatic heterocycles. The molecule has 0 fully saturated rings. The van der Waals surface area contributed by atoms with E-state index in [4.69, 9.17) is 0 Å². The molecule has 4 rings (SSSR count). The summed E-state index contributed by atoms with van der Waals surface area (Å²) in [5.74, 6) is 0.151. The lowest BCUT2D eigenvalue weighted by Gasteiger charge is -2.07. The summed E-state index contributed by atoms with van der Waals surface area (Å²) in [6, 6.07) is 15.9. The van der Waals surface area contributed by atoms with Crippen LogP contribution in [0.1, 0.15) is 5.69 Å². The highest BCUT2D eigenvalue weighted by Crippen LogP contribution is 2.22. The normalized spacial score (nSPS) is 10.9. The monoisotopic (exact) mass is 330 g/mol. The smallest absolute Gasteiger partial charge is 0.280 e. The molecule has 0 bridgehead atoms. The molecule has 0 aliphatic rings. The van der Waals surface area contributed by atoms with Crippen LogP contribution in [0.15, 0.2) is 71.9 Å². The van der Waals surface area contributed by atoms with Crippen LogP contribution in [0.2, 0.25) is 0 Å². The van der Waals surface area contributed by atoms with Gasteiger partial charge in [0.2, 0.25) is 0 Å². The van der Waals surface area contributed by atoms with Gasteiger partial charge in [-0.3, -0.25) is 14.3 Å². The molecule has 0 saturated heterocycles. The lowest BCUT2D eigenvalue weighted by molar-refractivity contribution is 0.475. The quantitative estimate of drug-likeness (QED) is 0.624. The van der Waals surface area contributed by atoms with Gasteiger partial charge in [-0.1, -0.05) is 18.2 Å². The molecule has 25 heavy (non-hydrogen) atoms. The second-order valence-electron chi connectivity index (χ2n) is 5.61. The van der Waals surface area contributed by atoms with Crippen LogP contribution in [0.4, 0.5) is 0 Å². The fourth-order valence-corrected chi connectivity index (χ4v) is 2.64. The Balaban J connectivity index is 1.81. The summed E-state index contributed by atoms with van der Waals surface area (Å²) >= 11 is 0. The Morgan fingerprint density at radius 3 is 2.72 bits per heavy atom. The standard InChI is InChI=1S/C19H14N4O2/c24-15-6-3-4-13(10-15)16-7-8-17-18(22-16)19(25)23(12-21-17)11-14-5-1-2-9-20-14/h1-10,12,24H,11H2. The molecular weight excluding hydrogens is 316 g/mol. The van der Waals surface area contributed by atoms with E-state index in [9.17, 15) is 9.90 Å². The minimum atomic E-state index is -0.224. The van der Waals surface area contributed by atoms with Gasteiger partial charge in [-0.05, 0) is 36.4 Å². The Labute approximate surface area is 143 Å². The summed E-state index contributed by atoms with van der Waals surface area (Å²) in [6.07, 6.45) is 3.20. The van der Waals surface area contributed by atoms with Gasteiger partial charge >= 0.3 is 0 Å². The number of hydrogen-bond donors (Lipinski definition) is 1. The van der Waals surface area contributed by atoms with Crippen molar-refractivity contribution in [1.29, 1.82) is 0 Å². The van der Waals surface area contributed by atoms with Crippen LogP contribution < -0.4 is 5.56 Å². The van der Waals surface area contributed by atoms with E-state index >= 15 is 0 Å². The van der Waals surface area contributed by atoms with Crippen molar-refractivity contribution in [3.05, 3.63) is 83.2 Å². The Hall–Kier alpha value is -3.54. The summed E-state index contributed by atoms with van der Waals surface area (Å²) in [6.45, 7) is 0.334. The van der Waals surface area contributed by atoms with Gasteiger partial charge in [-0.25, -0.2) is 9.97 Å². The van der Waals surface area contributed by atoms with E-state index < -0.39 is 0 Å². The van der Waals surface area contributed by atoms with Crippen LogP contribution in [0, 0.1) is 0 Å². The summed E-state index contributed by atoms with van der Waals surface area (Å²) < 4.78 is 1.49. The third-order valence-electron chi connectivity index (χ3n) is 3.87. The number of hydrogen-bond acceptors (Lipinski definition) is 5. The van der Waals surface area contributed by atoms with Crippen molar-refractivity contribution in [2.24, 2.45) is 0 Å². The maximum atomic E-state index is 12.8. The fourth-order valence-electron chi connectivity index (χ4n) is 2.64. The number of phenols is 1. The number of aromatic hydroxyl groups is 1. The molecule has 122 valence electrons. The van der Waals surface area contributed by atoms with Gasteiger partial charge < -0.3 is 5.11 Å². The Bertz CT molecular complexity index is 1110. The molecule has 0 aliphatic heterocycles. The minimum Gasteiger partial charge on any atom is -0.508 e. The lowest BCUT2D eigenvalue weighted by Crippen LogP contribution is -2.22. The van der Waals surface area contributed by atoms with Gasteiger partial charge in [-0.2, -0.15) is 0 Å². The van der Waals surface area contributed by atoms with Crippen molar-refractivity contribution in [2.75, 3.05) is 0 Å². The second kappa shape index (κ2) is 6.16.